The standard InChI is InChI=1S/C14H20N2O/c1-16-9-13(10-16)17-12-5-2-4-11(8-12)14-6-3-7-15-14/h2,4-5,8,13-15H,3,6-7,9-10H2,1H3. The lowest BCUT2D eigenvalue weighted by molar-refractivity contribution is 0.0387. The van der Waals surface area contributed by atoms with Crippen molar-refractivity contribution < 1.29 is 4.74 Å². The lowest BCUT2D eigenvalue weighted by Gasteiger charge is -2.36. The van der Waals surface area contributed by atoms with Gasteiger partial charge in [-0.2, -0.15) is 0 Å². The van der Waals surface area contributed by atoms with Crippen LogP contribution in [0, 0.1) is 0 Å². The molecule has 1 aromatic rings. The smallest absolute Gasteiger partial charge is 0.124 e. The van der Waals surface area contributed by atoms with Gasteiger partial charge < -0.3 is 10.1 Å². The Labute approximate surface area is 103 Å². The van der Waals surface area contributed by atoms with Crippen molar-refractivity contribution >= 4 is 0 Å². The molecule has 3 rings (SSSR count). The summed E-state index contributed by atoms with van der Waals surface area (Å²) in [6.45, 7) is 3.24. The van der Waals surface area contributed by atoms with Crippen LogP contribution in [0.4, 0.5) is 0 Å². The fourth-order valence-electron chi connectivity index (χ4n) is 2.68. The number of hydrogen-bond acceptors (Lipinski definition) is 3. The van der Waals surface area contributed by atoms with Crippen molar-refractivity contribution in [2.24, 2.45) is 0 Å². The first kappa shape index (κ1) is 11.1. The van der Waals surface area contributed by atoms with Crippen molar-refractivity contribution in [1.82, 2.24) is 10.2 Å². The Morgan fingerprint density at radius 2 is 2.24 bits per heavy atom. The van der Waals surface area contributed by atoms with Crippen molar-refractivity contribution in [3.8, 4) is 5.75 Å². The van der Waals surface area contributed by atoms with Gasteiger partial charge in [0.1, 0.15) is 11.9 Å². The largest absolute Gasteiger partial charge is 0.488 e. The van der Waals surface area contributed by atoms with Gasteiger partial charge in [0.05, 0.1) is 0 Å². The Hall–Kier alpha value is -1.06. The fourth-order valence-corrected chi connectivity index (χ4v) is 2.68. The Balaban J connectivity index is 1.66. The molecule has 2 aliphatic rings. The van der Waals surface area contributed by atoms with Crippen molar-refractivity contribution in [1.29, 1.82) is 0 Å². The molecule has 0 spiro atoms. The highest BCUT2D eigenvalue weighted by Crippen LogP contribution is 2.26. The molecule has 0 aliphatic carbocycles. The molecule has 0 saturated carbocycles. The lowest BCUT2D eigenvalue weighted by Crippen LogP contribution is -2.51. The number of nitrogens with zero attached hydrogens (tertiary/aromatic N) is 1. The Morgan fingerprint density at radius 3 is 2.94 bits per heavy atom. The molecular weight excluding hydrogens is 212 g/mol. The van der Waals surface area contributed by atoms with Gasteiger partial charge in [-0.15, -0.1) is 0 Å². The highest BCUT2D eigenvalue weighted by atomic mass is 16.5. The molecule has 92 valence electrons. The number of nitrogens with one attached hydrogen (secondary N) is 1. The molecular formula is C14H20N2O. The van der Waals surface area contributed by atoms with Crippen LogP contribution in [-0.4, -0.2) is 37.7 Å². The van der Waals surface area contributed by atoms with E-state index in [2.05, 4.69) is 41.5 Å². The SMILES string of the molecule is CN1CC(Oc2cccc(C3CCCN3)c2)C1. The molecule has 0 aromatic heterocycles. The van der Waals surface area contributed by atoms with Crippen molar-refractivity contribution in [2.75, 3.05) is 26.7 Å². The molecule has 2 heterocycles. The van der Waals surface area contributed by atoms with Gasteiger partial charge in [0.25, 0.3) is 0 Å². The molecule has 2 fully saturated rings. The van der Waals surface area contributed by atoms with Crippen LogP contribution >= 0.6 is 0 Å². The maximum Gasteiger partial charge on any atom is 0.124 e. The summed E-state index contributed by atoms with van der Waals surface area (Å²) < 4.78 is 5.95. The number of rotatable bonds is 3. The van der Waals surface area contributed by atoms with Crippen LogP contribution in [0.25, 0.3) is 0 Å². The fraction of sp³-hybridized carbons (Fsp3) is 0.571. The molecule has 3 heteroatoms. The van der Waals surface area contributed by atoms with Crippen LogP contribution in [0.1, 0.15) is 24.4 Å². The van der Waals surface area contributed by atoms with Gasteiger partial charge >= 0.3 is 0 Å². The maximum absolute atomic E-state index is 5.95. The van der Waals surface area contributed by atoms with Crippen molar-refractivity contribution in [3.05, 3.63) is 29.8 Å². The summed E-state index contributed by atoms with van der Waals surface area (Å²) in [5, 5.41) is 3.52. The summed E-state index contributed by atoms with van der Waals surface area (Å²) in [4.78, 5) is 2.27. The second-order valence-electron chi connectivity index (χ2n) is 5.18. The zero-order chi connectivity index (χ0) is 11.7. The summed E-state index contributed by atoms with van der Waals surface area (Å²) in [6, 6.07) is 9.09. The van der Waals surface area contributed by atoms with Gasteiger partial charge in [0.2, 0.25) is 0 Å². The van der Waals surface area contributed by atoms with E-state index in [1.165, 1.54) is 18.4 Å². The summed E-state index contributed by atoms with van der Waals surface area (Å²) >= 11 is 0. The number of benzene rings is 1. The van der Waals surface area contributed by atoms with E-state index in [9.17, 15) is 0 Å². The molecule has 1 atom stereocenters. The molecule has 0 bridgehead atoms. The number of likely N-dealkylation sites (N-methyl/N-ethyl adjacent to an activating group) is 1. The average molecular weight is 232 g/mol. The van der Waals surface area contributed by atoms with Crippen molar-refractivity contribution in [2.45, 2.75) is 25.0 Å². The minimum Gasteiger partial charge on any atom is -0.488 e. The zero-order valence-electron chi connectivity index (χ0n) is 10.4. The van der Waals surface area contributed by atoms with Crippen LogP contribution in [0.15, 0.2) is 24.3 Å². The molecule has 1 aromatic carbocycles. The number of hydrogen-bond donors (Lipinski definition) is 1. The van der Waals surface area contributed by atoms with E-state index >= 15 is 0 Å². The Morgan fingerprint density at radius 1 is 1.35 bits per heavy atom. The molecule has 17 heavy (non-hydrogen) atoms. The molecule has 1 N–H and O–H groups in total. The van der Waals surface area contributed by atoms with Gasteiger partial charge in [-0.25, -0.2) is 0 Å². The number of likely N-dealkylation sites (tertiary alicyclic amines) is 1. The van der Waals surface area contributed by atoms with Crippen molar-refractivity contribution in [3.63, 3.8) is 0 Å². The predicted octanol–water partition coefficient (Wildman–Crippen LogP) is 1.80. The average Bonchev–Trinajstić information content (AvgIpc) is 2.81. The monoisotopic (exact) mass is 232 g/mol. The first-order valence-corrected chi connectivity index (χ1v) is 6.50. The van der Waals surface area contributed by atoms with Gasteiger partial charge in [-0.05, 0) is 44.1 Å². The minimum absolute atomic E-state index is 0.381. The summed E-state index contributed by atoms with van der Waals surface area (Å²) in [5.41, 5.74) is 1.37. The number of ether oxygens (including phenoxy) is 1. The third-order valence-electron chi connectivity index (χ3n) is 3.65. The summed E-state index contributed by atoms with van der Waals surface area (Å²) in [7, 11) is 2.12. The molecule has 3 nitrogen and oxygen atoms in total. The van der Waals surface area contributed by atoms with Crippen LogP contribution in [0.5, 0.6) is 5.75 Å². The highest BCUT2D eigenvalue weighted by molar-refractivity contribution is 5.31. The van der Waals surface area contributed by atoms with Gasteiger partial charge in [0.15, 0.2) is 0 Å². The summed E-state index contributed by atoms with van der Waals surface area (Å²) in [6.07, 6.45) is 2.91. The maximum atomic E-state index is 5.95. The van der Waals surface area contributed by atoms with Crippen LogP contribution < -0.4 is 10.1 Å². The molecule has 2 aliphatic heterocycles. The normalized spacial score (nSPS) is 25.8. The molecule has 2 saturated heterocycles. The van der Waals surface area contributed by atoms with Gasteiger partial charge in [-0.3, -0.25) is 4.90 Å². The van der Waals surface area contributed by atoms with Gasteiger partial charge in [-0.1, -0.05) is 12.1 Å². The molecule has 0 amide bonds. The minimum atomic E-state index is 0.381. The van der Waals surface area contributed by atoms with E-state index in [1.807, 2.05) is 0 Å². The Bertz CT molecular complexity index is 382. The predicted molar refractivity (Wildman–Crippen MR) is 68.3 cm³/mol. The van der Waals surface area contributed by atoms with E-state index in [0.29, 0.717) is 12.1 Å². The van der Waals surface area contributed by atoms with E-state index in [-0.39, 0.29) is 0 Å². The Kier molecular flexibility index (Phi) is 3.04. The highest BCUT2D eigenvalue weighted by Gasteiger charge is 2.25. The second-order valence-corrected chi connectivity index (χ2v) is 5.18. The van der Waals surface area contributed by atoms with Crippen LogP contribution in [0.2, 0.25) is 0 Å². The quantitative estimate of drug-likeness (QED) is 0.860. The zero-order valence-corrected chi connectivity index (χ0v) is 10.4. The first-order valence-electron chi connectivity index (χ1n) is 6.50. The second kappa shape index (κ2) is 4.67. The topological polar surface area (TPSA) is 24.5 Å². The third-order valence-corrected chi connectivity index (χ3v) is 3.65. The molecule has 0 radical (unpaired) electrons. The van der Waals surface area contributed by atoms with Gasteiger partial charge in [0, 0.05) is 19.1 Å². The van der Waals surface area contributed by atoms with E-state index in [4.69, 9.17) is 4.74 Å². The lowest BCUT2D eigenvalue weighted by atomic mass is 10.1. The van der Waals surface area contributed by atoms with Crippen LogP contribution in [0.3, 0.4) is 0 Å². The third kappa shape index (κ3) is 2.45. The van der Waals surface area contributed by atoms with Crippen LogP contribution in [-0.2, 0) is 0 Å². The first-order chi connectivity index (χ1) is 8.31. The van der Waals surface area contributed by atoms with E-state index in [1.54, 1.807) is 0 Å². The van der Waals surface area contributed by atoms with E-state index in [0.717, 1.165) is 25.4 Å². The molecule has 1 unspecified atom stereocenters. The summed E-state index contributed by atoms with van der Waals surface area (Å²) in [5.74, 6) is 1.02. The van der Waals surface area contributed by atoms with E-state index < -0.39 is 0 Å².